The average Bonchev–Trinajstić information content (AvgIpc) is 2.82. The molecule has 0 aromatic heterocycles. The summed E-state index contributed by atoms with van der Waals surface area (Å²) in [5, 5.41) is 20.6. The first-order valence-electron chi connectivity index (χ1n) is 5.72. The highest BCUT2D eigenvalue weighted by Crippen LogP contribution is 2.36. The molecule has 8 heteroatoms. The Bertz CT molecular complexity index is 494. The lowest BCUT2D eigenvalue weighted by molar-refractivity contribution is -0.00136. The molecule has 5 atom stereocenters. The maximum Gasteiger partial charge on any atom is 0.143 e. The molecule has 1 saturated heterocycles. The third-order valence-corrected chi connectivity index (χ3v) is 4.46. The number of hydrogen-bond donors (Lipinski definition) is 2. The second-order valence-electron chi connectivity index (χ2n) is 4.61. The fourth-order valence-corrected chi connectivity index (χ4v) is 3.12. The third kappa shape index (κ3) is 2.18. The van der Waals surface area contributed by atoms with E-state index in [9.17, 15) is 10.2 Å². The smallest absolute Gasteiger partial charge is 0.143 e. The van der Waals surface area contributed by atoms with Gasteiger partial charge in [0.2, 0.25) is 0 Å². The molecule has 5 nitrogen and oxygen atoms in total. The van der Waals surface area contributed by atoms with E-state index in [1.54, 1.807) is 17.2 Å². The minimum atomic E-state index is -1.01. The number of ether oxygens (including phenoxy) is 1. The van der Waals surface area contributed by atoms with Crippen molar-refractivity contribution in [3.63, 3.8) is 0 Å². The Kier molecular flexibility index (Phi) is 3.53. The molecule has 1 fully saturated rings. The summed E-state index contributed by atoms with van der Waals surface area (Å²) in [6, 6.07) is -0.478. The van der Waals surface area contributed by atoms with Crippen LogP contribution in [0.1, 0.15) is 0 Å². The van der Waals surface area contributed by atoms with Gasteiger partial charge in [0, 0.05) is 6.20 Å². The van der Waals surface area contributed by atoms with E-state index < -0.39 is 24.4 Å². The molecule has 0 spiro atoms. The zero-order valence-corrected chi connectivity index (χ0v) is 11.8. The van der Waals surface area contributed by atoms with Gasteiger partial charge in [-0.3, -0.25) is 0 Å². The minimum Gasteiger partial charge on any atom is -0.388 e. The van der Waals surface area contributed by atoms with E-state index in [2.05, 4.69) is 4.99 Å². The van der Waals surface area contributed by atoms with Gasteiger partial charge in [-0.05, 0) is 6.08 Å². The summed E-state index contributed by atoms with van der Waals surface area (Å²) in [7, 11) is 0. The quantitative estimate of drug-likeness (QED) is 0.754. The molecule has 0 aliphatic carbocycles. The predicted molar refractivity (Wildman–Crippen MR) is 72.3 cm³/mol. The van der Waals surface area contributed by atoms with Crippen molar-refractivity contribution in [3.8, 4) is 0 Å². The van der Waals surface area contributed by atoms with Crippen molar-refractivity contribution in [2.45, 2.75) is 30.5 Å². The molecule has 2 N–H and O–H groups in total. The summed E-state index contributed by atoms with van der Waals surface area (Å²) < 4.78 is 5.41. The molecule has 104 valence electrons. The van der Waals surface area contributed by atoms with Gasteiger partial charge in [0.25, 0.3) is 0 Å². The van der Waals surface area contributed by atoms with Crippen LogP contribution in [0.3, 0.4) is 0 Å². The summed E-state index contributed by atoms with van der Waals surface area (Å²) in [4.78, 5) is 6.02. The number of rotatable bonds is 1. The zero-order valence-electron chi connectivity index (χ0n) is 9.58. The molecular formula is C11H11Cl3N2O3. The Balaban J connectivity index is 1.90. The number of fused-ring (bicyclic) bond motifs is 1. The molecule has 0 bridgehead atoms. The van der Waals surface area contributed by atoms with Gasteiger partial charge in [-0.1, -0.05) is 34.8 Å². The van der Waals surface area contributed by atoms with Crippen molar-refractivity contribution in [2.75, 3.05) is 6.61 Å². The normalized spacial score (nSPS) is 41.8. The van der Waals surface area contributed by atoms with E-state index in [0.717, 1.165) is 0 Å². The minimum absolute atomic E-state index is 0.0685. The molecule has 0 amide bonds. The highest BCUT2D eigenvalue weighted by Gasteiger charge is 2.48. The van der Waals surface area contributed by atoms with Crippen LogP contribution in [0.2, 0.25) is 0 Å². The van der Waals surface area contributed by atoms with Crippen LogP contribution in [0.4, 0.5) is 0 Å². The van der Waals surface area contributed by atoms with Crippen molar-refractivity contribution in [1.29, 1.82) is 0 Å². The van der Waals surface area contributed by atoms with Gasteiger partial charge in [0.1, 0.15) is 35.7 Å². The van der Waals surface area contributed by atoms with Crippen molar-refractivity contribution in [3.05, 3.63) is 22.3 Å². The van der Waals surface area contributed by atoms with E-state index in [1.807, 2.05) is 0 Å². The number of aliphatic imine (C=N–C) groups is 1. The number of hydrogen-bond acceptors (Lipinski definition) is 5. The fourth-order valence-electron chi connectivity index (χ4n) is 2.45. The molecule has 0 aromatic carbocycles. The second-order valence-corrected chi connectivity index (χ2v) is 5.81. The van der Waals surface area contributed by atoms with E-state index in [1.165, 1.54) is 0 Å². The summed E-state index contributed by atoms with van der Waals surface area (Å²) >= 11 is 18.1. The van der Waals surface area contributed by atoms with Crippen molar-refractivity contribution >= 4 is 40.0 Å². The molecule has 3 aliphatic heterocycles. The highest BCUT2D eigenvalue weighted by atomic mass is 35.5. The lowest BCUT2D eigenvalue weighted by atomic mass is 10.0. The molecule has 3 rings (SSSR count). The average molecular weight is 326 g/mol. The monoisotopic (exact) mass is 324 g/mol. The SMILES string of the molecule is O[C@H]1[C@@H](O)CO[C@H]1C1C(Cl)=NC2C=C(Cl)C(Cl)=CN21. The topological polar surface area (TPSA) is 65.3 Å². The first kappa shape index (κ1) is 13.7. The number of halogens is 3. The fraction of sp³-hybridized carbons (Fsp3) is 0.545. The number of allylic oxidation sites excluding steroid dienone is 2. The van der Waals surface area contributed by atoms with Gasteiger partial charge in [-0.2, -0.15) is 0 Å². The Morgan fingerprint density at radius 2 is 2.00 bits per heavy atom. The second kappa shape index (κ2) is 4.91. The summed E-state index contributed by atoms with van der Waals surface area (Å²) in [6.45, 7) is 0.0685. The first-order chi connectivity index (χ1) is 8.99. The Labute approximate surface area is 124 Å². The van der Waals surface area contributed by atoms with Gasteiger partial charge in [-0.15, -0.1) is 0 Å². The van der Waals surface area contributed by atoms with Crippen LogP contribution < -0.4 is 0 Å². The van der Waals surface area contributed by atoms with E-state index in [0.29, 0.717) is 15.2 Å². The number of aliphatic hydroxyl groups is 2. The first-order valence-corrected chi connectivity index (χ1v) is 6.86. The standard InChI is InChI=1S/C11H11Cl3N2O3/c12-4-1-7-15-11(14)8(16(7)2-5(4)13)10-9(18)6(17)3-19-10/h1-2,6-10,17-18H,3H2/t6-,7?,8?,9-,10-/m0/s1. The lowest BCUT2D eigenvalue weighted by Crippen LogP contribution is -2.49. The van der Waals surface area contributed by atoms with Gasteiger partial charge in [0.05, 0.1) is 16.7 Å². The number of aliphatic hydroxyl groups excluding tert-OH is 2. The van der Waals surface area contributed by atoms with Gasteiger partial charge in [-0.25, -0.2) is 4.99 Å². The van der Waals surface area contributed by atoms with Gasteiger partial charge in [0.15, 0.2) is 0 Å². The molecule has 0 radical (unpaired) electrons. The zero-order chi connectivity index (χ0) is 13.7. The van der Waals surface area contributed by atoms with Crippen molar-refractivity contribution in [2.24, 2.45) is 4.99 Å². The molecule has 19 heavy (non-hydrogen) atoms. The van der Waals surface area contributed by atoms with Crippen LogP contribution in [0.5, 0.6) is 0 Å². The maximum atomic E-state index is 9.93. The number of nitrogens with zero attached hydrogens (tertiary/aromatic N) is 2. The van der Waals surface area contributed by atoms with E-state index >= 15 is 0 Å². The van der Waals surface area contributed by atoms with Crippen molar-refractivity contribution < 1.29 is 14.9 Å². The Morgan fingerprint density at radius 1 is 1.26 bits per heavy atom. The molecule has 2 unspecified atom stereocenters. The van der Waals surface area contributed by atoms with Crippen LogP contribution in [-0.2, 0) is 4.74 Å². The van der Waals surface area contributed by atoms with Crippen molar-refractivity contribution in [1.82, 2.24) is 4.90 Å². The van der Waals surface area contributed by atoms with Crippen LogP contribution >= 0.6 is 34.8 Å². The Morgan fingerprint density at radius 3 is 2.63 bits per heavy atom. The molecule has 0 saturated carbocycles. The lowest BCUT2D eigenvalue weighted by Gasteiger charge is -2.33. The van der Waals surface area contributed by atoms with Crippen LogP contribution in [0.25, 0.3) is 0 Å². The van der Waals surface area contributed by atoms with Crippen LogP contribution in [0.15, 0.2) is 27.3 Å². The predicted octanol–water partition coefficient (Wildman–Crippen LogP) is 0.971. The molecule has 3 heterocycles. The van der Waals surface area contributed by atoms with Gasteiger partial charge >= 0.3 is 0 Å². The third-order valence-electron chi connectivity index (χ3n) is 3.41. The molecule has 0 aromatic rings. The maximum absolute atomic E-state index is 9.93. The summed E-state index contributed by atoms with van der Waals surface area (Å²) in [5.41, 5.74) is 0. The van der Waals surface area contributed by atoms with Crippen LogP contribution in [0, 0.1) is 0 Å². The Hall–Kier alpha value is -0.300. The highest BCUT2D eigenvalue weighted by molar-refractivity contribution is 6.67. The summed E-state index contributed by atoms with van der Waals surface area (Å²) in [6.07, 6.45) is 0.351. The summed E-state index contributed by atoms with van der Waals surface area (Å²) in [5.74, 6) is 0. The van der Waals surface area contributed by atoms with E-state index in [4.69, 9.17) is 39.5 Å². The molecular weight excluding hydrogens is 314 g/mol. The molecule has 3 aliphatic rings. The van der Waals surface area contributed by atoms with Crippen LogP contribution in [-0.4, -0.2) is 57.4 Å². The van der Waals surface area contributed by atoms with Gasteiger partial charge < -0.3 is 19.8 Å². The van der Waals surface area contributed by atoms with E-state index in [-0.39, 0.29) is 12.8 Å². The largest absolute Gasteiger partial charge is 0.388 e.